The maximum atomic E-state index is 13.0. The molecule has 3 rings (SSSR count). The zero-order chi connectivity index (χ0) is 21.2. The Hall–Kier alpha value is -2.61. The van der Waals surface area contributed by atoms with E-state index in [1.807, 2.05) is 0 Å². The molecule has 1 aliphatic carbocycles. The van der Waals surface area contributed by atoms with Gasteiger partial charge in [-0.2, -0.15) is 13.2 Å². The van der Waals surface area contributed by atoms with E-state index in [0.29, 0.717) is 28.6 Å². The molecule has 1 aliphatic rings. The van der Waals surface area contributed by atoms with E-state index < -0.39 is 18.1 Å². The maximum Gasteiger partial charge on any atom is 0.392 e. The third kappa shape index (κ3) is 4.70. The number of ether oxygens (including phenoxy) is 1. The van der Waals surface area contributed by atoms with Gasteiger partial charge in [0.2, 0.25) is 0 Å². The number of nitrogens with one attached hydrogen (secondary N) is 1. The Kier molecular flexibility index (Phi) is 6.12. The molecule has 0 spiro atoms. The normalized spacial score (nSPS) is 18.3. The van der Waals surface area contributed by atoms with Gasteiger partial charge < -0.3 is 15.2 Å². The number of carbonyl (C=O) groups is 1. The number of halogens is 3. The van der Waals surface area contributed by atoms with Crippen LogP contribution in [0.1, 0.15) is 42.1 Å². The Morgan fingerprint density at radius 3 is 2.72 bits per heavy atom. The zero-order valence-electron chi connectivity index (χ0n) is 16.2. The van der Waals surface area contributed by atoms with Crippen molar-refractivity contribution in [2.75, 3.05) is 13.7 Å². The molecule has 1 aromatic heterocycles. The lowest BCUT2D eigenvalue weighted by Gasteiger charge is -2.24. The minimum Gasteiger partial charge on any atom is -0.497 e. The molecule has 1 heterocycles. The molecule has 156 valence electrons. The molecule has 2 atom stereocenters. The highest BCUT2D eigenvalue weighted by Gasteiger charge is 2.39. The highest BCUT2D eigenvalue weighted by Crippen LogP contribution is 2.41. The maximum absolute atomic E-state index is 13.0. The lowest BCUT2D eigenvalue weighted by Crippen LogP contribution is -2.35. The number of aliphatic hydroxyl groups excluding tert-OH is 1. The van der Waals surface area contributed by atoms with Crippen LogP contribution in [0.3, 0.4) is 0 Å². The first-order valence-electron chi connectivity index (χ1n) is 9.38. The Labute approximate surface area is 166 Å². The third-order valence-corrected chi connectivity index (χ3v) is 5.13. The predicted octanol–water partition coefficient (Wildman–Crippen LogP) is 4.10. The molecule has 0 unspecified atom stereocenters. The number of nitrogens with zero attached hydrogens (tertiary/aromatic N) is 1. The molecule has 0 saturated carbocycles. The van der Waals surface area contributed by atoms with Crippen molar-refractivity contribution in [2.45, 2.75) is 38.4 Å². The van der Waals surface area contributed by atoms with Gasteiger partial charge in [-0.3, -0.25) is 9.78 Å². The molecular formula is C21H23F3N2O3. The van der Waals surface area contributed by atoms with E-state index in [9.17, 15) is 18.0 Å². The number of rotatable bonds is 5. The fourth-order valence-corrected chi connectivity index (χ4v) is 3.44. The summed E-state index contributed by atoms with van der Waals surface area (Å²) in [6, 6.07) is 4.77. The van der Waals surface area contributed by atoms with Gasteiger partial charge in [-0.15, -0.1) is 0 Å². The van der Waals surface area contributed by atoms with Crippen molar-refractivity contribution < 1.29 is 27.8 Å². The van der Waals surface area contributed by atoms with Gasteiger partial charge in [0.15, 0.2) is 0 Å². The van der Waals surface area contributed by atoms with Gasteiger partial charge >= 0.3 is 6.18 Å². The van der Waals surface area contributed by atoms with Crippen molar-refractivity contribution in [3.8, 4) is 5.75 Å². The lowest BCUT2D eigenvalue weighted by atomic mass is 9.85. The number of amides is 1. The molecule has 0 bridgehead atoms. The number of carbonyl (C=O) groups excluding carboxylic acids is 1. The van der Waals surface area contributed by atoms with Crippen LogP contribution in [0.25, 0.3) is 16.5 Å². The first-order valence-corrected chi connectivity index (χ1v) is 9.38. The van der Waals surface area contributed by atoms with Crippen molar-refractivity contribution in [1.29, 1.82) is 0 Å². The van der Waals surface area contributed by atoms with Gasteiger partial charge in [0.25, 0.3) is 5.91 Å². The second-order valence-electron chi connectivity index (χ2n) is 7.27. The Balaban J connectivity index is 1.98. The largest absolute Gasteiger partial charge is 0.497 e. The summed E-state index contributed by atoms with van der Waals surface area (Å²) in [6.07, 6.45) is -0.861. The van der Waals surface area contributed by atoms with E-state index >= 15 is 0 Å². The monoisotopic (exact) mass is 408 g/mol. The van der Waals surface area contributed by atoms with E-state index in [-0.39, 0.29) is 25.4 Å². The van der Waals surface area contributed by atoms with Crippen LogP contribution >= 0.6 is 0 Å². The Morgan fingerprint density at radius 1 is 1.38 bits per heavy atom. The van der Waals surface area contributed by atoms with Crippen LogP contribution in [0.5, 0.6) is 5.75 Å². The summed E-state index contributed by atoms with van der Waals surface area (Å²) in [5.41, 5.74) is 2.45. The molecule has 1 aromatic carbocycles. The van der Waals surface area contributed by atoms with Crippen LogP contribution in [0.4, 0.5) is 13.2 Å². The molecule has 29 heavy (non-hydrogen) atoms. The lowest BCUT2D eigenvalue weighted by molar-refractivity contribution is -0.175. The van der Waals surface area contributed by atoms with Crippen LogP contribution in [0.15, 0.2) is 30.5 Å². The number of allylic oxidation sites excluding steroid dienone is 2. The van der Waals surface area contributed by atoms with Gasteiger partial charge in [0, 0.05) is 23.2 Å². The minimum absolute atomic E-state index is 0.0353. The standard InChI is InChI=1S/C21H23F3N2O3/c1-12(11-27)26-20(28)15-7-14-8-17(29-2)9-18(19(14)25-10-15)13-3-5-16(6-4-13)21(22,23)24/h3,7-10,12,16,27H,4-6,11H2,1-2H3,(H,26,28)/t12-,16-/m1/s1. The molecular weight excluding hydrogens is 385 g/mol. The summed E-state index contributed by atoms with van der Waals surface area (Å²) in [6.45, 7) is 1.50. The summed E-state index contributed by atoms with van der Waals surface area (Å²) < 4.78 is 44.2. The van der Waals surface area contributed by atoms with Crippen molar-refractivity contribution in [3.05, 3.63) is 41.6 Å². The van der Waals surface area contributed by atoms with Crippen molar-refractivity contribution >= 4 is 22.4 Å². The van der Waals surface area contributed by atoms with Gasteiger partial charge in [-0.1, -0.05) is 6.08 Å². The van der Waals surface area contributed by atoms with E-state index in [1.165, 1.54) is 13.3 Å². The zero-order valence-corrected chi connectivity index (χ0v) is 16.2. The molecule has 1 amide bonds. The van der Waals surface area contributed by atoms with Crippen LogP contribution < -0.4 is 10.1 Å². The van der Waals surface area contributed by atoms with Crippen LogP contribution in [0, 0.1) is 5.92 Å². The van der Waals surface area contributed by atoms with E-state index in [0.717, 1.165) is 11.1 Å². The molecule has 2 N–H and O–H groups in total. The number of alkyl halides is 3. The van der Waals surface area contributed by atoms with E-state index in [1.54, 1.807) is 31.2 Å². The number of aliphatic hydroxyl groups is 1. The second-order valence-corrected chi connectivity index (χ2v) is 7.27. The molecule has 2 aromatic rings. The van der Waals surface area contributed by atoms with Gasteiger partial charge in [-0.25, -0.2) is 0 Å². The van der Waals surface area contributed by atoms with Crippen LogP contribution in [-0.2, 0) is 0 Å². The fraction of sp³-hybridized carbons (Fsp3) is 0.429. The number of hydrogen-bond donors (Lipinski definition) is 2. The second kappa shape index (κ2) is 8.41. The quantitative estimate of drug-likeness (QED) is 0.782. The number of aromatic nitrogens is 1. The highest BCUT2D eigenvalue weighted by atomic mass is 19.4. The smallest absolute Gasteiger partial charge is 0.392 e. The molecule has 0 fully saturated rings. The van der Waals surface area contributed by atoms with Crippen molar-refractivity contribution in [2.24, 2.45) is 5.92 Å². The highest BCUT2D eigenvalue weighted by molar-refractivity contribution is 6.00. The van der Waals surface area contributed by atoms with Gasteiger partial charge in [0.05, 0.1) is 30.7 Å². The SMILES string of the molecule is COc1cc(C2=CC[C@@H](C(F)(F)F)CC2)c2ncc(C(=O)N[C@H](C)CO)cc2c1. The van der Waals surface area contributed by atoms with Gasteiger partial charge in [0.1, 0.15) is 5.75 Å². The summed E-state index contributed by atoms with van der Waals surface area (Å²) in [5, 5.41) is 12.4. The third-order valence-electron chi connectivity index (χ3n) is 5.13. The summed E-state index contributed by atoms with van der Waals surface area (Å²) >= 11 is 0. The average Bonchev–Trinajstić information content (AvgIpc) is 2.71. The number of fused-ring (bicyclic) bond motifs is 1. The Morgan fingerprint density at radius 2 is 2.14 bits per heavy atom. The van der Waals surface area contributed by atoms with Gasteiger partial charge in [-0.05, 0) is 50.0 Å². The van der Waals surface area contributed by atoms with Crippen molar-refractivity contribution in [3.63, 3.8) is 0 Å². The molecule has 0 aliphatic heterocycles. The summed E-state index contributed by atoms with van der Waals surface area (Å²) in [4.78, 5) is 16.7. The minimum atomic E-state index is -4.19. The molecule has 0 saturated heterocycles. The fourth-order valence-electron chi connectivity index (χ4n) is 3.44. The van der Waals surface area contributed by atoms with E-state index in [4.69, 9.17) is 9.84 Å². The number of methoxy groups -OCH3 is 1. The molecule has 8 heteroatoms. The average molecular weight is 408 g/mol. The van der Waals surface area contributed by atoms with E-state index in [2.05, 4.69) is 10.3 Å². The van der Waals surface area contributed by atoms with Crippen LogP contribution in [0.2, 0.25) is 0 Å². The molecule has 5 nitrogen and oxygen atoms in total. The molecule has 0 radical (unpaired) electrons. The first kappa shape index (κ1) is 21.1. The number of pyridine rings is 1. The van der Waals surface area contributed by atoms with Crippen LogP contribution in [-0.4, -0.2) is 41.9 Å². The summed E-state index contributed by atoms with van der Waals surface area (Å²) in [5.74, 6) is -1.15. The van der Waals surface area contributed by atoms with Crippen molar-refractivity contribution in [1.82, 2.24) is 10.3 Å². The number of hydrogen-bond acceptors (Lipinski definition) is 4. The topological polar surface area (TPSA) is 71.5 Å². The predicted molar refractivity (Wildman–Crippen MR) is 104 cm³/mol. The summed E-state index contributed by atoms with van der Waals surface area (Å²) in [7, 11) is 1.51. The first-order chi connectivity index (χ1) is 13.7. The number of benzene rings is 1. The Bertz CT molecular complexity index is 941.